The Morgan fingerprint density at radius 3 is 2.79 bits per heavy atom. The van der Waals surface area contributed by atoms with Gasteiger partial charge in [-0.15, -0.1) is 0 Å². The largest absolute Gasteiger partial charge is 0.466 e. The van der Waals surface area contributed by atoms with E-state index in [-0.39, 0.29) is 12.0 Å². The van der Waals surface area contributed by atoms with Crippen molar-refractivity contribution in [1.82, 2.24) is 4.98 Å². The molecule has 0 fully saturated rings. The second-order valence-electron chi connectivity index (χ2n) is 5.56. The molecular formula is C18H11N5O. The summed E-state index contributed by atoms with van der Waals surface area (Å²) >= 11 is 0. The maximum Gasteiger partial charge on any atom is 0.200 e. The average molecular weight is 313 g/mol. The van der Waals surface area contributed by atoms with E-state index in [2.05, 4.69) is 22.1 Å². The first-order valence-corrected chi connectivity index (χ1v) is 7.30. The Morgan fingerprint density at radius 2 is 2.00 bits per heavy atom. The Morgan fingerprint density at radius 1 is 1.12 bits per heavy atom. The second kappa shape index (κ2) is 5.22. The summed E-state index contributed by atoms with van der Waals surface area (Å²) < 4.78 is 5.81. The van der Waals surface area contributed by atoms with Crippen LogP contribution in [0.15, 0.2) is 70.0 Å². The average Bonchev–Trinajstić information content (AvgIpc) is 3.09. The van der Waals surface area contributed by atoms with Gasteiger partial charge < -0.3 is 10.5 Å². The second-order valence-corrected chi connectivity index (χ2v) is 5.56. The molecule has 1 aromatic heterocycles. The van der Waals surface area contributed by atoms with E-state index < -0.39 is 5.92 Å². The molecule has 6 nitrogen and oxygen atoms in total. The van der Waals surface area contributed by atoms with Crippen molar-refractivity contribution in [3.8, 4) is 12.1 Å². The number of rotatable bonds is 1. The predicted octanol–water partition coefficient (Wildman–Crippen LogP) is 1.96. The summed E-state index contributed by atoms with van der Waals surface area (Å²) in [6.45, 7) is 0. The van der Waals surface area contributed by atoms with Gasteiger partial charge in [0.15, 0.2) is 5.88 Å². The highest BCUT2D eigenvalue weighted by molar-refractivity contribution is 5.81. The van der Waals surface area contributed by atoms with Crippen LogP contribution in [0.4, 0.5) is 0 Å². The number of hydrogen-bond acceptors (Lipinski definition) is 6. The van der Waals surface area contributed by atoms with Crippen molar-refractivity contribution in [2.45, 2.75) is 12.0 Å². The van der Waals surface area contributed by atoms with E-state index in [1.165, 1.54) is 6.20 Å². The molecule has 0 radical (unpaired) electrons. The summed E-state index contributed by atoms with van der Waals surface area (Å²) in [5.74, 6) is -0.296. The van der Waals surface area contributed by atoms with Crippen molar-refractivity contribution in [2.24, 2.45) is 10.7 Å². The lowest BCUT2D eigenvalue weighted by Crippen LogP contribution is -2.33. The van der Waals surface area contributed by atoms with E-state index in [1.807, 2.05) is 18.2 Å². The van der Waals surface area contributed by atoms with E-state index in [4.69, 9.17) is 15.7 Å². The fourth-order valence-corrected chi connectivity index (χ4v) is 3.19. The molecule has 2 aliphatic heterocycles. The topological polar surface area (TPSA) is 108 Å². The summed E-state index contributed by atoms with van der Waals surface area (Å²) in [4.78, 5) is 8.39. The third-order valence-electron chi connectivity index (χ3n) is 4.26. The lowest BCUT2D eigenvalue weighted by molar-refractivity contribution is 0.151. The molecule has 0 amide bonds. The number of aromatic nitrogens is 1. The molecule has 2 unspecified atom stereocenters. The molecule has 2 atom stereocenters. The summed E-state index contributed by atoms with van der Waals surface area (Å²) in [6, 6.07) is 5.94. The Kier molecular flexibility index (Phi) is 3.04. The van der Waals surface area contributed by atoms with Crippen LogP contribution in [0.5, 0.6) is 0 Å². The van der Waals surface area contributed by atoms with Crippen LogP contribution in [0.25, 0.3) is 0 Å². The Balaban J connectivity index is 1.91. The normalized spacial score (nSPS) is 23.8. The monoisotopic (exact) mass is 313 g/mol. The van der Waals surface area contributed by atoms with Gasteiger partial charge in [0.2, 0.25) is 0 Å². The number of nitriles is 2. The van der Waals surface area contributed by atoms with Gasteiger partial charge in [0.05, 0.1) is 17.2 Å². The van der Waals surface area contributed by atoms with Crippen molar-refractivity contribution < 1.29 is 4.74 Å². The van der Waals surface area contributed by atoms with Crippen molar-refractivity contribution in [1.29, 1.82) is 10.5 Å². The molecule has 0 bridgehead atoms. The smallest absolute Gasteiger partial charge is 0.200 e. The first kappa shape index (κ1) is 14.0. The Labute approximate surface area is 138 Å². The van der Waals surface area contributed by atoms with Crippen LogP contribution in [0.3, 0.4) is 0 Å². The molecule has 2 N–H and O–H groups in total. The predicted molar refractivity (Wildman–Crippen MR) is 86.1 cm³/mol. The SMILES string of the molecule is N#CC1=C(N)OC2C3=CC=NC3=CC=C2C1c1cncc(C#N)c1. The van der Waals surface area contributed by atoms with Crippen LogP contribution in [-0.2, 0) is 4.74 Å². The molecule has 6 heteroatoms. The molecule has 24 heavy (non-hydrogen) atoms. The maximum absolute atomic E-state index is 9.56. The molecule has 1 aliphatic carbocycles. The third kappa shape index (κ3) is 1.94. The van der Waals surface area contributed by atoms with Crippen LogP contribution < -0.4 is 5.73 Å². The highest BCUT2D eigenvalue weighted by Gasteiger charge is 2.40. The minimum atomic E-state index is -0.395. The number of pyridine rings is 1. The molecular weight excluding hydrogens is 302 g/mol. The zero-order chi connectivity index (χ0) is 16.7. The van der Waals surface area contributed by atoms with Crippen molar-refractivity contribution in [3.05, 3.63) is 76.1 Å². The van der Waals surface area contributed by atoms with Gasteiger partial charge in [-0.2, -0.15) is 10.5 Å². The van der Waals surface area contributed by atoms with Crippen LogP contribution in [0, 0.1) is 22.7 Å². The van der Waals surface area contributed by atoms with E-state index in [0.717, 1.165) is 22.4 Å². The highest BCUT2D eigenvalue weighted by Crippen LogP contribution is 2.45. The van der Waals surface area contributed by atoms with E-state index >= 15 is 0 Å². The molecule has 4 rings (SSSR count). The number of ether oxygens (including phenoxy) is 1. The Hall–Kier alpha value is -3.64. The lowest BCUT2D eigenvalue weighted by atomic mass is 9.77. The number of hydrogen-bond donors (Lipinski definition) is 1. The summed E-state index contributed by atoms with van der Waals surface area (Å²) in [6.07, 6.45) is 10.2. The third-order valence-corrected chi connectivity index (χ3v) is 4.26. The zero-order valence-electron chi connectivity index (χ0n) is 12.5. The van der Waals surface area contributed by atoms with Gasteiger partial charge in [-0.05, 0) is 29.4 Å². The molecule has 0 saturated heterocycles. The van der Waals surface area contributed by atoms with E-state index in [0.29, 0.717) is 11.1 Å². The molecule has 0 saturated carbocycles. The molecule has 3 heterocycles. The van der Waals surface area contributed by atoms with Gasteiger partial charge in [0, 0.05) is 24.2 Å². The van der Waals surface area contributed by atoms with Gasteiger partial charge in [0.25, 0.3) is 0 Å². The van der Waals surface area contributed by atoms with Gasteiger partial charge in [0.1, 0.15) is 23.8 Å². The standard InChI is InChI=1S/C18H11N5O/c19-6-10-5-11(9-22-8-10)16-13-1-2-15-12(3-4-23-15)17(13)24-18(21)14(16)7-20/h1-5,8-9,16-17H,21H2. The minimum absolute atomic E-state index is 0.0982. The highest BCUT2D eigenvalue weighted by atomic mass is 16.5. The molecule has 0 aromatic carbocycles. The van der Waals surface area contributed by atoms with Crippen molar-refractivity contribution in [2.75, 3.05) is 0 Å². The number of nitrogens with two attached hydrogens (primary N) is 1. The van der Waals surface area contributed by atoms with Crippen molar-refractivity contribution in [3.63, 3.8) is 0 Å². The molecule has 0 spiro atoms. The van der Waals surface area contributed by atoms with Gasteiger partial charge in [-0.3, -0.25) is 9.98 Å². The summed E-state index contributed by atoms with van der Waals surface area (Å²) in [5, 5.41) is 18.7. The van der Waals surface area contributed by atoms with Gasteiger partial charge in [-0.1, -0.05) is 6.08 Å². The minimum Gasteiger partial charge on any atom is -0.466 e. The summed E-state index contributed by atoms with van der Waals surface area (Å²) in [7, 11) is 0. The van der Waals surface area contributed by atoms with E-state index in [9.17, 15) is 5.26 Å². The lowest BCUT2D eigenvalue weighted by Gasteiger charge is -2.35. The van der Waals surface area contributed by atoms with Crippen molar-refractivity contribution >= 4 is 6.21 Å². The fourth-order valence-electron chi connectivity index (χ4n) is 3.19. The van der Waals surface area contributed by atoms with Crippen LogP contribution >= 0.6 is 0 Å². The number of aliphatic imine (C=N–C) groups is 1. The first-order valence-electron chi connectivity index (χ1n) is 7.30. The maximum atomic E-state index is 9.56. The summed E-state index contributed by atoms with van der Waals surface area (Å²) in [5.41, 5.74) is 10.1. The van der Waals surface area contributed by atoms with Gasteiger partial charge in [-0.25, -0.2) is 0 Å². The number of fused-ring (bicyclic) bond motifs is 3. The number of allylic oxidation sites excluding steroid dienone is 4. The molecule has 114 valence electrons. The van der Waals surface area contributed by atoms with Crippen LogP contribution in [-0.4, -0.2) is 17.3 Å². The van der Waals surface area contributed by atoms with Crippen LogP contribution in [0.1, 0.15) is 17.0 Å². The van der Waals surface area contributed by atoms with E-state index in [1.54, 1.807) is 18.5 Å². The number of nitrogens with zero attached hydrogens (tertiary/aromatic N) is 4. The van der Waals surface area contributed by atoms with Crippen LogP contribution in [0.2, 0.25) is 0 Å². The molecule has 1 aromatic rings. The fraction of sp³-hybridized carbons (Fsp3) is 0.111. The zero-order valence-corrected chi connectivity index (χ0v) is 12.5. The first-order chi connectivity index (χ1) is 11.7. The Bertz CT molecular complexity index is 981. The quantitative estimate of drug-likeness (QED) is 0.852. The van der Waals surface area contributed by atoms with Gasteiger partial charge >= 0.3 is 0 Å². The molecule has 3 aliphatic rings.